The number of aliphatic carboxylic acids is 1. The number of carboxylic acid groups (broad SMARTS) is 1. The third kappa shape index (κ3) is 3.18. The molecule has 0 aliphatic heterocycles. The highest BCUT2D eigenvalue weighted by molar-refractivity contribution is 5.67. The Morgan fingerprint density at radius 3 is 2.75 bits per heavy atom. The van der Waals surface area contributed by atoms with E-state index in [0.717, 1.165) is 6.07 Å². The first-order valence-electron chi connectivity index (χ1n) is 4.87. The highest BCUT2D eigenvalue weighted by atomic mass is 19.2. The van der Waals surface area contributed by atoms with Crippen LogP contribution in [0.1, 0.15) is 19.8 Å². The summed E-state index contributed by atoms with van der Waals surface area (Å²) in [5.74, 6) is -3.40. The molecule has 16 heavy (non-hydrogen) atoms. The number of hydrogen-bond donors (Lipinski definition) is 1. The van der Waals surface area contributed by atoms with Crippen LogP contribution >= 0.6 is 0 Å². The van der Waals surface area contributed by atoms with Crippen molar-refractivity contribution in [2.75, 3.05) is 0 Å². The largest absolute Gasteiger partial charge is 0.487 e. The molecule has 0 bridgehead atoms. The lowest BCUT2D eigenvalue weighted by Crippen LogP contribution is -2.20. The summed E-state index contributed by atoms with van der Waals surface area (Å²) in [6, 6.07) is 3.55. The Labute approximate surface area is 91.7 Å². The minimum Gasteiger partial charge on any atom is -0.487 e. The maximum atomic E-state index is 13.2. The van der Waals surface area contributed by atoms with Crippen molar-refractivity contribution in [2.24, 2.45) is 0 Å². The van der Waals surface area contributed by atoms with E-state index in [9.17, 15) is 13.6 Å². The van der Waals surface area contributed by atoms with E-state index < -0.39 is 23.7 Å². The van der Waals surface area contributed by atoms with Gasteiger partial charge in [0.25, 0.3) is 0 Å². The molecule has 3 nitrogen and oxygen atoms in total. The Morgan fingerprint density at radius 2 is 2.19 bits per heavy atom. The molecular formula is C11H12F2O3. The van der Waals surface area contributed by atoms with Crippen LogP contribution in [0.4, 0.5) is 8.78 Å². The number of carbonyl (C=O) groups is 1. The molecule has 0 amide bonds. The summed E-state index contributed by atoms with van der Waals surface area (Å²) in [7, 11) is 0. The van der Waals surface area contributed by atoms with Crippen molar-refractivity contribution in [3.8, 4) is 5.75 Å². The molecule has 1 unspecified atom stereocenters. The first kappa shape index (κ1) is 12.4. The summed E-state index contributed by atoms with van der Waals surface area (Å²) in [5, 5.41) is 8.57. The van der Waals surface area contributed by atoms with Gasteiger partial charge in [0.2, 0.25) is 5.82 Å². The summed E-state index contributed by atoms with van der Waals surface area (Å²) < 4.78 is 31.1. The van der Waals surface area contributed by atoms with Crippen LogP contribution in [0, 0.1) is 11.6 Å². The molecule has 88 valence electrons. The van der Waals surface area contributed by atoms with Gasteiger partial charge >= 0.3 is 5.97 Å². The molecular weight excluding hydrogens is 218 g/mol. The second kappa shape index (κ2) is 5.44. The summed E-state index contributed by atoms with van der Waals surface area (Å²) in [4.78, 5) is 10.5. The van der Waals surface area contributed by atoms with Crippen molar-refractivity contribution in [1.29, 1.82) is 0 Å². The predicted molar refractivity (Wildman–Crippen MR) is 53.3 cm³/mol. The maximum absolute atomic E-state index is 13.2. The minimum atomic E-state index is -1.09. The Morgan fingerprint density at radius 1 is 1.50 bits per heavy atom. The molecule has 0 saturated carbocycles. The normalized spacial score (nSPS) is 12.2. The SMILES string of the molecule is CCC(CC(=O)O)Oc1cccc(F)c1F. The fraction of sp³-hybridized carbons (Fsp3) is 0.364. The summed E-state index contributed by atoms with van der Waals surface area (Å²) in [6.45, 7) is 1.71. The fourth-order valence-electron chi connectivity index (χ4n) is 1.22. The van der Waals surface area contributed by atoms with Crippen LogP contribution in [-0.4, -0.2) is 17.2 Å². The highest BCUT2D eigenvalue weighted by Gasteiger charge is 2.16. The first-order valence-corrected chi connectivity index (χ1v) is 4.87. The van der Waals surface area contributed by atoms with E-state index in [0.29, 0.717) is 6.42 Å². The number of carboxylic acids is 1. The molecule has 0 spiro atoms. The molecule has 0 radical (unpaired) electrons. The number of ether oxygens (including phenoxy) is 1. The second-order valence-electron chi connectivity index (χ2n) is 3.30. The van der Waals surface area contributed by atoms with Crippen LogP contribution in [-0.2, 0) is 4.79 Å². The summed E-state index contributed by atoms with van der Waals surface area (Å²) >= 11 is 0. The zero-order valence-corrected chi connectivity index (χ0v) is 8.74. The zero-order chi connectivity index (χ0) is 12.1. The van der Waals surface area contributed by atoms with Crippen molar-refractivity contribution in [3.63, 3.8) is 0 Å². The average molecular weight is 230 g/mol. The van der Waals surface area contributed by atoms with Crippen molar-refractivity contribution in [1.82, 2.24) is 0 Å². The third-order valence-corrected chi connectivity index (χ3v) is 2.07. The van der Waals surface area contributed by atoms with Gasteiger partial charge in [-0.2, -0.15) is 4.39 Å². The maximum Gasteiger partial charge on any atom is 0.307 e. The van der Waals surface area contributed by atoms with Gasteiger partial charge in [0.05, 0.1) is 6.42 Å². The molecule has 1 aromatic carbocycles. The van der Waals surface area contributed by atoms with E-state index in [-0.39, 0.29) is 12.2 Å². The predicted octanol–water partition coefficient (Wildman–Crippen LogP) is 2.60. The van der Waals surface area contributed by atoms with Gasteiger partial charge in [-0.3, -0.25) is 4.79 Å². The standard InChI is InChI=1S/C11H12F2O3/c1-2-7(6-10(14)15)16-9-5-3-4-8(12)11(9)13/h3-5,7H,2,6H2,1H3,(H,14,15). The number of halogens is 2. The second-order valence-corrected chi connectivity index (χ2v) is 3.30. The topological polar surface area (TPSA) is 46.5 Å². The van der Waals surface area contributed by atoms with Crippen molar-refractivity contribution in [2.45, 2.75) is 25.9 Å². The van der Waals surface area contributed by atoms with E-state index in [1.165, 1.54) is 12.1 Å². The molecule has 0 aliphatic rings. The molecule has 5 heteroatoms. The molecule has 0 saturated heterocycles. The van der Waals surface area contributed by atoms with Crippen LogP contribution in [0.2, 0.25) is 0 Å². The van der Waals surface area contributed by atoms with Gasteiger partial charge in [0, 0.05) is 0 Å². The summed E-state index contributed by atoms with van der Waals surface area (Å²) in [5.41, 5.74) is 0. The van der Waals surface area contributed by atoms with Gasteiger partial charge in [-0.1, -0.05) is 13.0 Å². The van der Waals surface area contributed by atoms with Crippen LogP contribution in [0.25, 0.3) is 0 Å². The first-order chi connectivity index (χ1) is 7.54. The lowest BCUT2D eigenvalue weighted by molar-refractivity contribution is -0.138. The van der Waals surface area contributed by atoms with Gasteiger partial charge in [-0.05, 0) is 18.6 Å². The molecule has 1 atom stereocenters. The van der Waals surface area contributed by atoms with Crippen LogP contribution < -0.4 is 4.74 Å². The third-order valence-electron chi connectivity index (χ3n) is 2.07. The number of rotatable bonds is 5. The molecule has 0 aliphatic carbocycles. The van der Waals surface area contributed by atoms with Crippen molar-refractivity contribution < 1.29 is 23.4 Å². The van der Waals surface area contributed by atoms with Crippen molar-refractivity contribution in [3.05, 3.63) is 29.8 Å². The van der Waals surface area contributed by atoms with Crippen LogP contribution in [0.3, 0.4) is 0 Å². The van der Waals surface area contributed by atoms with E-state index in [2.05, 4.69) is 0 Å². The molecule has 0 heterocycles. The van der Waals surface area contributed by atoms with E-state index >= 15 is 0 Å². The van der Waals surface area contributed by atoms with E-state index in [4.69, 9.17) is 9.84 Å². The minimum absolute atomic E-state index is 0.244. The molecule has 0 fully saturated rings. The Kier molecular flexibility index (Phi) is 4.22. The van der Waals surface area contributed by atoms with Gasteiger partial charge in [0.15, 0.2) is 11.6 Å². The van der Waals surface area contributed by atoms with Gasteiger partial charge in [-0.15, -0.1) is 0 Å². The van der Waals surface area contributed by atoms with Gasteiger partial charge < -0.3 is 9.84 Å². The fourth-order valence-corrected chi connectivity index (χ4v) is 1.22. The molecule has 1 N–H and O–H groups in total. The Balaban J connectivity index is 2.77. The van der Waals surface area contributed by atoms with Gasteiger partial charge in [-0.25, -0.2) is 4.39 Å². The lowest BCUT2D eigenvalue weighted by Gasteiger charge is -2.16. The summed E-state index contributed by atoms with van der Waals surface area (Å²) in [6.07, 6.45) is -0.497. The molecule has 1 aromatic rings. The smallest absolute Gasteiger partial charge is 0.307 e. The Bertz CT molecular complexity index is 379. The lowest BCUT2D eigenvalue weighted by atomic mass is 10.2. The van der Waals surface area contributed by atoms with Crippen LogP contribution in [0.5, 0.6) is 5.75 Å². The van der Waals surface area contributed by atoms with E-state index in [1.54, 1.807) is 6.92 Å². The number of hydrogen-bond acceptors (Lipinski definition) is 2. The van der Waals surface area contributed by atoms with E-state index in [1.807, 2.05) is 0 Å². The Hall–Kier alpha value is -1.65. The quantitative estimate of drug-likeness (QED) is 0.845. The molecule has 0 aromatic heterocycles. The van der Waals surface area contributed by atoms with Crippen molar-refractivity contribution >= 4 is 5.97 Å². The zero-order valence-electron chi connectivity index (χ0n) is 8.74. The number of benzene rings is 1. The molecule has 1 rings (SSSR count). The van der Waals surface area contributed by atoms with Crippen LogP contribution in [0.15, 0.2) is 18.2 Å². The van der Waals surface area contributed by atoms with Gasteiger partial charge in [0.1, 0.15) is 6.10 Å². The average Bonchev–Trinajstić information content (AvgIpc) is 2.23. The monoisotopic (exact) mass is 230 g/mol. The highest BCUT2D eigenvalue weighted by Crippen LogP contribution is 2.21.